The van der Waals surface area contributed by atoms with Gasteiger partial charge in [-0.05, 0) is 43.7 Å². The van der Waals surface area contributed by atoms with E-state index in [-0.39, 0.29) is 23.1 Å². The molecule has 1 unspecified atom stereocenters. The number of carbonyl (C=O) groups is 2. The van der Waals surface area contributed by atoms with Gasteiger partial charge in [0, 0.05) is 11.6 Å². The Morgan fingerprint density at radius 3 is 2.69 bits per heavy atom. The van der Waals surface area contributed by atoms with Crippen molar-refractivity contribution in [2.45, 2.75) is 25.1 Å². The minimum atomic E-state index is -0.285. The quantitative estimate of drug-likeness (QED) is 0.829. The van der Waals surface area contributed by atoms with Crippen LogP contribution in [-0.4, -0.2) is 35.9 Å². The van der Waals surface area contributed by atoms with Gasteiger partial charge in [0.25, 0.3) is 11.8 Å². The fraction of sp³-hybridized carbons (Fsp3) is 0.250. The Morgan fingerprint density at radius 2 is 2.04 bits per heavy atom. The molecule has 0 saturated carbocycles. The van der Waals surface area contributed by atoms with Gasteiger partial charge in [-0.1, -0.05) is 24.3 Å². The van der Waals surface area contributed by atoms with E-state index in [1.807, 2.05) is 50.3 Å². The van der Waals surface area contributed by atoms with E-state index in [2.05, 4.69) is 10.3 Å². The highest BCUT2D eigenvalue weighted by atomic mass is 32.2. The topological polar surface area (TPSA) is 67.8 Å². The molecule has 26 heavy (non-hydrogen) atoms. The normalized spacial score (nSPS) is 20.5. The van der Waals surface area contributed by atoms with Crippen molar-refractivity contribution in [2.24, 2.45) is 4.99 Å². The van der Waals surface area contributed by atoms with Crippen LogP contribution in [0.1, 0.15) is 19.4 Å². The third-order valence-corrected chi connectivity index (χ3v) is 5.04. The summed E-state index contributed by atoms with van der Waals surface area (Å²) in [5, 5.41) is 2.78. The van der Waals surface area contributed by atoms with Crippen molar-refractivity contribution in [3.63, 3.8) is 0 Å². The van der Waals surface area contributed by atoms with Crippen molar-refractivity contribution in [1.29, 1.82) is 0 Å². The second kappa shape index (κ2) is 7.74. The van der Waals surface area contributed by atoms with Crippen LogP contribution < -0.4 is 10.1 Å². The van der Waals surface area contributed by atoms with Crippen molar-refractivity contribution < 1.29 is 14.3 Å². The largest absolute Gasteiger partial charge is 0.497 e. The summed E-state index contributed by atoms with van der Waals surface area (Å²) in [6.07, 6.45) is 7.21. The zero-order valence-electron chi connectivity index (χ0n) is 14.9. The van der Waals surface area contributed by atoms with Crippen LogP contribution in [0.25, 0.3) is 6.08 Å². The number of rotatable bonds is 4. The summed E-state index contributed by atoms with van der Waals surface area (Å²) >= 11 is 1.44. The fourth-order valence-electron chi connectivity index (χ4n) is 2.57. The number of hydrogen-bond acceptors (Lipinski definition) is 4. The maximum absolute atomic E-state index is 12.4. The summed E-state index contributed by atoms with van der Waals surface area (Å²) in [5.41, 5.74) is 2.04. The van der Waals surface area contributed by atoms with E-state index in [1.165, 1.54) is 11.8 Å². The molecule has 0 aromatic heterocycles. The molecule has 0 bridgehead atoms. The van der Waals surface area contributed by atoms with Crippen LogP contribution in [0.2, 0.25) is 0 Å². The van der Waals surface area contributed by atoms with Gasteiger partial charge in [0.05, 0.1) is 23.0 Å². The van der Waals surface area contributed by atoms with Crippen LogP contribution in [0.5, 0.6) is 5.75 Å². The molecule has 1 aliphatic carbocycles. The van der Waals surface area contributed by atoms with Gasteiger partial charge in [-0.2, -0.15) is 0 Å². The molecule has 1 atom stereocenters. The van der Waals surface area contributed by atoms with E-state index < -0.39 is 0 Å². The zero-order valence-corrected chi connectivity index (χ0v) is 15.7. The number of methoxy groups -OCH3 is 1. The molecule has 0 spiro atoms. The predicted molar refractivity (Wildman–Crippen MR) is 105 cm³/mol. The molecule has 2 amide bonds. The number of hydrogen-bond donors (Lipinski definition) is 1. The number of ether oxygens (including phenoxy) is 1. The second-order valence-corrected chi connectivity index (χ2v) is 7.43. The Balaban J connectivity index is 1.81. The predicted octanol–water partition coefficient (Wildman–Crippen LogP) is 3.14. The highest BCUT2D eigenvalue weighted by molar-refractivity contribution is 8.05. The van der Waals surface area contributed by atoms with Gasteiger partial charge in [-0.15, -0.1) is 11.8 Å². The molecule has 1 aromatic carbocycles. The molecule has 6 heteroatoms. The van der Waals surface area contributed by atoms with Crippen LogP contribution in [-0.2, 0) is 9.59 Å². The average Bonchev–Trinajstić information content (AvgIpc) is 2.62. The third-order valence-electron chi connectivity index (χ3n) is 3.84. The van der Waals surface area contributed by atoms with Crippen LogP contribution in [0.15, 0.2) is 58.0 Å². The van der Waals surface area contributed by atoms with E-state index in [4.69, 9.17) is 4.74 Å². The molecule has 1 aliphatic heterocycles. The number of benzene rings is 1. The van der Waals surface area contributed by atoms with E-state index in [0.717, 1.165) is 11.3 Å². The Bertz CT molecular complexity index is 848. The Kier molecular flexibility index (Phi) is 5.42. The van der Waals surface area contributed by atoms with Crippen LogP contribution >= 0.6 is 11.8 Å². The molecule has 1 N–H and O–H groups in total. The molecular weight excluding hydrogens is 348 g/mol. The van der Waals surface area contributed by atoms with Gasteiger partial charge in [0.15, 0.2) is 0 Å². The number of fused-ring (bicyclic) bond motifs is 1. The monoisotopic (exact) mass is 368 g/mol. The minimum absolute atomic E-state index is 0.0536. The highest BCUT2D eigenvalue weighted by Crippen LogP contribution is 2.34. The van der Waals surface area contributed by atoms with Gasteiger partial charge in [-0.25, -0.2) is 4.99 Å². The molecular formula is C20H20N2O3S. The number of allylic oxidation sites excluding steroid dienone is 1. The van der Waals surface area contributed by atoms with Gasteiger partial charge in [0.1, 0.15) is 5.75 Å². The zero-order chi connectivity index (χ0) is 18.7. The van der Waals surface area contributed by atoms with Crippen LogP contribution in [0.4, 0.5) is 0 Å². The van der Waals surface area contributed by atoms with E-state index in [0.29, 0.717) is 16.2 Å². The van der Waals surface area contributed by atoms with E-state index in [9.17, 15) is 9.59 Å². The van der Waals surface area contributed by atoms with Crippen molar-refractivity contribution in [1.82, 2.24) is 5.32 Å². The van der Waals surface area contributed by atoms with Gasteiger partial charge in [0.2, 0.25) is 0 Å². The maximum Gasteiger partial charge on any atom is 0.283 e. The molecule has 2 aliphatic rings. The standard InChI is InChI=1S/C20H20N2O3S/c1-12(2)21-19(23)14-6-9-17-16(11-14)22-20(24)18(26-17)10-13-4-7-15(25-3)8-5-13/h4-12,17H,1-3H3,(H,21,23)/b18-10+. The first kappa shape index (κ1) is 18.2. The number of nitrogens with one attached hydrogen (secondary N) is 1. The van der Waals surface area contributed by atoms with E-state index >= 15 is 0 Å². The lowest BCUT2D eigenvalue weighted by Gasteiger charge is -2.22. The number of carbonyl (C=O) groups excluding carboxylic acids is 2. The SMILES string of the molecule is COc1ccc(/C=C2/SC3C=CC(C(=O)NC(C)C)=CC3=NC2=O)cc1. The fourth-order valence-corrected chi connectivity index (χ4v) is 3.59. The smallest absolute Gasteiger partial charge is 0.283 e. The first-order valence-electron chi connectivity index (χ1n) is 8.32. The summed E-state index contributed by atoms with van der Waals surface area (Å²) in [7, 11) is 1.61. The molecule has 5 nitrogen and oxygen atoms in total. The van der Waals surface area contributed by atoms with Crippen molar-refractivity contribution in [3.8, 4) is 5.75 Å². The van der Waals surface area contributed by atoms with E-state index in [1.54, 1.807) is 19.3 Å². The Hall–Kier alpha value is -2.60. The van der Waals surface area contributed by atoms with Crippen molar-refractivity contribution >= 4 is 35.4 Å². The molecule has 0 fully saturated rings. The summed E-state index contributed by atoms with van der Waals surface area (Å²) < 4.78 is 5.14. The minimum Gasteiger partial charge on any atom is -0.497 e. The summed E-state index contributed by atoms with van der Waals surface area (Å²) in [6.45, 7) is 3.81. The molecule has 0 radical (unpaired) electrons. The average molecular weight is 368 g/mol. The number of amides is 2. The van der Waals surface area contributed by atoms with Gasteiger partial charge in [-0.3, -0.25) is 9.59 Å². The molecule has 3 rings (SSSR count). The Morgan fingerprint density at radius 1 is 1.31 bits per heavy atom. The first-order valence-corrected chi connectivity index (χ1v) is 9.20. The molecule has 0 saturated heterocycles. The molecule has 134 valence electrons. The lowest BCUT2D eigenvalue weighted by molar-refractivity contribution is -0.117. The molecule has 1 heterocycles. The summed E-state index contributed by atoms with van der Waals surface area (Å²) in [5.74, 6) is 0.323. The van der Waals surface area contributed by atoms with Gasteiger partial charge >= 0.3 is 0 Å². The number of thioether (sulfide) groups is 1. The lowest BCUT2D eigenvalue weighted by Crippen LogP contribution is -2.33. The number of nitrogens with zero attached hydrogens (tertiary/aromatic N) is 1. The highest BCUT2D eigenvalue weighted by Gasteiger charge is 2.28. The van der Waals surface area contributed by atoms with Crippen molar-refractivity contribution in [3.05, 3.63) is 58.5 Å². The van der Waals surface area contributed by atoms with Crippen LogP contribution in [0.3, 0.4) is 0 Å². The van der Waals surface area contributed by atoms with Gasteiger partial charge < -0.3 is 10.1 Å². The first-order chi connectivity index (χ1) is 12.5. The second-order valence-electron chi connectivity index (χ2n) is 6.25. The Labute approximate surface area is 156 Å². The van der Waals surface area contributed by atoms with Crippen LogP contribution in [0, 0.1) is 0 Å². The lowest BCUT2D eigenvalue weighted by atomic mass is 10.0. The maximum atomic E-state index is 12.4. The van der Waals surface area contributed by atoms with Crippen molar-refractivity contribution in [2.75, 3.05) is 7.11 Å². The number of aliphatic imine (C=N–C) groups is 1. The third kappa shape index (κ3) is 4.14. The molecule has 1 aromatic rings. The summed E-state index contributed by atoms with van der Waals surface area (Å²) in [4.78, 5) is 29.3. The summed E-state index contributed by atoms with van der Waals surface area (Å²) in [6, 6.07) is 7.54.